The summed E-state index contributed by atoms with van der Waals surface area (Å²) in [6.45, 7) is 0.341. The number of nitro benzene ring substituents is 1. The molecule has 0 atom stereocenters. The maximum absolute atomic E-state index is 10.7. The van der Waals surface area contributed by atoms with E-state index in [4.69, 9.17) is 15.9 Å². The van der Waals surface area contributed by atoms with Crippen LogP contribution in [0.15, 0.2) is 18.2 Å². The third-order valence-electron chi connectivity index (χ3n) is 2.24. The first-order valence-corrected chi connectivity index (χ1v) is 5.10. The molecule has 1 aromatic carbocycles. The molecule has 1 rings (SSSR count). The van der Waals surface area contributed by atoms with Gasteiger partial charge in [0.1, 0.15) is 0 Å². The highest BCUT2D eigenvalue weighted by Crippen LogP contribution is 2.25. The lowest BCUT2D eigenvalue weighted by atomic mass is 10.2. The molecule has 0 amide bonds. The SMILES string of the molecule is Nc1cc(N(CCO)CCO)cc([N+](=O)[O-])c1. The molecule has 0 spiro atoms. The lowest BCUT2D eigenvalue weighted by Crippen LogP contribution is -2.29. The van der Waals surface area contributed by atoms with Crippen molar-refractivity contribution in [3.8, 4) is 0 Å². The number of non-ortho nitro benzene ring substituents is 1. The normalized spacial score (nSPS) is 10.2. The number of nitro groups is 1. The van der Waals surface area contributed by atoms with Crippen molar-refractivity contribution in [2.24, 2.45) is 0 Å². The fourth-order valence-electron chi connectivity index (χ4n) is 1.52. The number of nitrogens with two attached hydrogens (primary N) is 1. The molecule has 0 aliphatic rings. The zero-order valence-corrected chi connectivity index (χ0v) is 9.24. The Morgan fingerprint density at radius 2 is 1.82 bits per heavy atom. The van der Waals surface area contributed by atoms with Crippen LogP contribution in [-0.4, -0.2) is 41.4 Å². The summed E-state index contributed by atoms with van der Waals surface area (Å²) in [6, 6.07) is 4.19. The molecule has 1 aromatic rings. The lowest BCUT2D eigenvalue weighted by Gasteiger charge is -2.22. The van der Waals surface area contributed by atoms with Gasteiger partial charge in [0.2, 0.25) is 0 Å². The average Bonchev–Trinajstić information content (AvgIpc) is 2.28. The Hall–Kier alpha value is -1.86. The minimum absolute atomic E-state index is 0.109. The van der Waals surface area contributed by atoms with Gasteiger partial charge in [-0.2, -0.15) is 0 Å². The smallest absolute Gasteiger partial charge is 0.273 e. The standard InChI is InChI=1S/C10H15N3O4/c11-8-5-9(7-10(6-8)13(16)17)12(1-3-14)2-4-15/h5-7,14-15H,1-4,11H2. The van der Waals surface area contributed by atoms with Crippen LogP contribution in [0.5, 0.6) is 0 Å². The Morgan fingerprint density at radius 3 is 2.29 bits per heavy atom. The van der Waals surface area contributed by atoms with E-state index in [0.29, 0.717) is 5.69 Å². The van der Waals surface area contributed by atoms with Gasteiger partial charge in [0, 0.05) is 36.6 Å². The summed E-state index contributed by atoms with van der Waals surface area (Å²) in [5.41, 5.74) is 6.25. The summed E-state index contributed by atoms with van der Waals surface area (Å²) < 4.78 is 0. The molecular weight excluding hydrogens is 226 g/mol. The van der Waals surface area contributed by atoms with E-state index in [9.17, 15) is 10.1 Å². The third-order valence-corrected chi connectivity index (χ3v) is 2.24. The van der Waals surface area contributed by atoms with Crippen molar-refractivity contribution < 1.29 is 15.1 Å². The average molecular weight is 241 g/mol. The summed E-state index contributed by atoms with van der Waals surface area (Å²) in [5.74, 6) is 0. The van der Waals surface area contributed by atoms with Crippen molar-refractivity contribution in [3.05, 3.63) is 28.3 Å². The molecule has 0 aliphatic carbocycles. The van der Waals surface area contributed by atoms with Crippen LogP contribution in [0.3, 0.4) is 0 Å². The first kappa shape index (κ1) is 13.2. The van der Waals surface area contributed by atoms with E-state index in [1.807, 2.05) is 0 Å². The topological polar surface area (TPSA) is 113 Å². The van der Waals surface area contributed by atoms with E-state index in [-0.39, 0.29) is 37.7 Å². The van der Waals surface area contributed by atoms with Gasteiger partial charge < -0.3 is 20.8 Å². The molecule has 0 aromatic heterocycles. The van der Waals surface area contributed by atoms with Crippen LogP contribution in [0.1, 0.15) is 0 Å². The van der Waals surface area contributed by atoms with Gasteiger partial charge in [-0.05, 0) is 6.07 Å². The van der Waals surface area contributed by atoms with Gasteiger partial charge in [0.25, 0.3) is 5.69 Å². The largest absolute Gasteiger partial charge is 0.398 e. The Kier molecular flexibility index (Phi) is 4.68. The highest BCUT2D eigenvalue weighted by molar-refractivity contribution is 5.62. The minimum Gasteiger partial charge on any atom is -0.398 e. The number of aliphatic hydroxyl groups is 2. The van der Waals surface area contributed by atoms with E-state index in [1.165, 1.54) is 12.1 Å². The Labute approximate surface area is 98.2 Å². The summed E-state index contributed by atoms with van der Waals surface area (Å²) in [4.78, 5) is 11.8. The monoisotopic (exact) mass is 241 g/mol. The molecule has 0 unspecified atom stereocenters. The van der Waals surface area contributed by atoms with Crippen molar-refractivity contribution in [1.29, 1.82) is 0 Å². The number of benzene rings is 1. The second kappa shape index (κ2) is 6.02. The number of nitrogens with zero attached hydrogens (tertiary/aromatic N) is 2. The van der Waals surface area contributed by atoms with Crippen LogP contribution in [-0.2, 0) is 0 Å². The molecule has 94 valence electrons. The highest BCUT2D eigenvalue weighted by atomic mass is 16.6. The fourth-order valence-corrected chi connectivity index (χ4v) is 1.52. The van der Waals surface area contributed by atoms with E-state index in [0.717, 1.165) is 0 Å². The van der Waals surface area contributed by atoms with Gasteiger partial charge in [-0.15, -0.1) is 0 Å². The molecule has 0 heterocycles. The summed E-state index contributed by atoms with van der Waals surface area (Å²) in [7, 11) is 0. The first-order chi connectivity index (χ1) is 8.08. The predicted octanol–water partition coefficient (Wildman–Crippen LogP) is -0.0320. The minimum atomic E-state index is -0.532. The van der Waals surface area contributed by atoms with Crippen molar-refractivity contribution in [1.82, 2.24) is 0 Å². The van der Waals surface area contributed by atoms with Crippen LogP contribution >= 0.6 is 0 Å². The zero-order valence-electron chi connectivity index (χ0n) is 9.24. The molecule has 0 aliphatic heterocycles. The fraction of sp³-hybridized carbons (Fsp3) is 0.400. The summed E-state index contributed by atoms with van der Waals surface area (Å²) >= 11 is 0. The van der Waals surface area contributed by atoms with Gasteiger partial charge >= 0.3 is 0 Å². The molecule has 4 N–H and O–H groups in total. The Balaban J connectivity index is 3.04. The maximum atomic E-state index is 10.7. The quantitative estimate of drug-likeness (QED) is 0.366. The van der Waals surface area contributed by atoms with Crippen molar-refractivity contribution in [3.63, 3.8) is 0 Å². The van der Waals surface area contributed by atoms with Crippen LogP contribution in [0, 0.1) is 10.1 Å². The molecular formula is C10H15N3O4. The lowest BCUT2D eigenvalue weighted by molar-refractivity contribution is -0.384. The molecule has 0 fully saturated rings. The summed E-state index contributed by atoms with van der Waals surface area (Å²) in [6.07, 6.45) is 0. The van der Waals surface area contributed by atoms with Crippen LogP contribution < -0.4 is 10.6 Å². The number of hydrogen-bond donors (Lipinski definition) is 3. The number of hydrogen-bond acceptors (Lipinski definition) is 6. The van der Waals surface area contributed by atoms with Crippen LogP contribution in [0.4, 0.5) is 17.1 Å². The van der Waals surface area contributed by atoms with E-state index >= 15 is 0 Å². The van der Waals surface area contributed by atoms with Crippen molar-refractivity contribution in [2.75, 3.05) is 36.9 Å². The molecule has 17 heavy (non-hydrogen) atoms. The van der Waals surface area contributed by atoms with E-state index < -0.39 is 4.92 Å². The third kappa shape index (κ3) is 3.58. The predicted molar refractivity (Wildman–Crippen MR) is 63.9 cm³/mol. The zero-order chi connectivity index (χ0) is 12.8. The Morgan fingerprint density at radius 1 is 1.24 bits per heavy atom. The Bertz CT molecular complexity index is 391. The van der Waals surface area contributed by atoms with Gasteiger partial charge in [-0.3, -0.25) is 10.1 Å². The van der Waals surface area contributed by atoms with Crippen LogP contribution in [0.25, 0.3) is 0 Å². The van der Waals surface area contributed by atoms with Gasteiger partial charge in [0.15, 0.2) is 0 Å². The number of anilines is 2. The summed E-state index contributed by atoms with van der Waals surface area (Å²) in [5, 5.41) is 28.4. The molecule has 7 heteroatoms. The number of rotatable bonds is 6. The first-order valence-electron chi connectivity index (χ1n) is 5.10. The molecule has 7 nitrogen and oxygen atoms in total. The van der Waals surface area contributed by atoms with Crippen molar-refractivity contribution >= 4 is 17.1 Å². The molecule has 0 saturated carbocycles. The second-order valence-corrected chi connectivity index (χ2v) is 3.47. The van der Waals surface area contributed by atoms with Gasteiger partial charge in [0.05, 0.1) is 18.1 Å². The second-order valence-electron chi connectivity index (χ2n) is 3.47. The van der Waals surface area contributed by atoms with Gasteiger partial charge in [-0.25, -0.2) is 0 Å². The number of nitrogen functional groups attached to an aromatic ring is 1. The van der Waals surface area contributed by atoms with Gasteiger partial charge in [-0.1, -0.05) is 0 Å². The molecule has 0 radical (unpaired) electrons. The number of aliphatic hydroxyl groups excluding tert-OH is 2. The molecule has 0 bridgehead atoms. The van der Waals surface area contributed by atoms with E-state index in [1.54, 1.807) is 11.0 Å². The highest BCUT2D eigenvalue weighted by Gasteiger charge is 2.12. The maximum Gasteiger partial charge on any atom is 0.273 e. The molecule has 0 saturated heterocycles. The van der Waals surface area contributed by atoms with Crippen molar-refractivity contribution in [2.45, 2.75) is 0 Å². The van der Waals surface area contributed by atoms with Crippen LogP contribution in [0.2, 0.25) is 0 Å². The van der Waals surface area contributed by atoms with E-state index in [2.05, 4.69) is 0 Å².